The highest BCUT2D eigenvalue weighted by atomic mass is 19.1. The van der Waals surface area contributed by atoms with Gasteiger partial charge in [-0.2, -0.15) is 9.97 Å². The minimum atomic E-state index is -2.94. The van der Waals surface area contributed by atoms with Gasteiger partial charge in [0.25, 0.3) is 0 Å². The van der Waals surface area contributed by atoms with Gasteiger partial charge in [-0.25, -0.2) is 13.2 Å². The standard InChI is InChI=1S/C36H35F3N6O2/c1-3-25-28(38)7-6-22-12-24(46)13-26(29(22)25)31-30(39)32-27(16-40-31)33(44-18-23-8-10-35(4-2,19-44)43-23)42-34(41-32)47-20-36-9-5-11-45(36)17-21(14-36)15-37/h1,6-7,12-13,15-16,23,43,46H,4-5,8-11,14,17-20H2,2H3/b21-15-/t23-,35+,36-/m0/s1/i2D3,4D2. The molecule has 242 valence electrons. The van der Waals surface area contributed by atoms with Gasteiger partial charge in [-0.1, -0.05) is 18.8 Å². The van der Waals surface area contributed by atoms with Crippen LogP contribution in [0.4, 0.5) is 19.0 Å². The fourth-order valence-corrected chi connectivity index (χ4v) is 8.09. The second-order valence-electron chi connectivity index (χ2n) is 13.1. The van der Waals surface area contributed by atoms with Gasteiger partial charge in [-0.3, -0.25) is 9.88 Å². The molecular weight excluding hydrogens is 605 g/mol. The van der Waals surface area contributed by atoms with E-state index in [9.17, 15) is 13.9 Å². The lowest BCUT2D eigenvalue weighted by Crippen LogP contribution is -2.59. The zero-order chi connectivity index (χ0) is 36.8. The summed E-state index contributed by atoms with van der Waals surface area (Å²) in [6.07, 6.45) is 7.90. The number of rotatable bonds is 6. The van der Waals surface area contributed by atoms with E-state index in [4.69, 9.17) is 23.0 Å². The monoisotopic (exact) mass is 645 g/mol. The van der Waals surface area contributed by atoms with Crippen LogP contribution in [0.5, 0.6) is 11.8 Å². The summed E-state index contributed by atoms with van der Waals surface area (Å²) in [5.41, 5.74) is -1.90. The zero-order valence-corrected chi connectivity index (χ0v) is 25.4. The fourth-order valence-electron chi connectivity index (χ4n) is 8.09. The van der Waals surface area contributed by atoms with Gasteiger partial charge in [0, 0.05) is 55.2 Å². The van der Waals surface area contributed by atoms with Crippen molar-refractivity contribution in [1.29, 1.82) is 0 Å². The van der Waals surface area contributed by atoms with Gasteiger partial charge >= 0.3 is 6.01 Å². The van der Waals surface area contributed by atoms with Gasteiger partial charge in [0.15, 0.2) is 5.82 Å². The number of ether oxygens (including phenoxy) is 1. The van der Waals surface area contributed by atoms with Gasteiger partial charge in [-0.15, -0.1) is 6.42 Å². The van der Waals surface area contributed by atoms with Crippen molar-refractivity contribution in [1.82, 2.24) is 25.2 Å². The number of aromatic nitrogens is 3. The summed E-state index contributed by atoms with van der Waals surface area (Å²) in [5, 5.41) is 14.5. The molecular formula is C36H35F3N6O2. The van der Waals surface area contributed by atoms with Crippen LogP contribution < -0.4 is 15.0 Å². The van der Waals surface area contributed by atoms with Crippen LogP contribution in [0.1, 0.15) is 57.7 Å². The number of hydrogen-bond donors (Lipinski definition) is 2. The number of benzene rings is 2. The molecule has 4 fully saturated rings. The molecule has 4 saturated heterocycles. The smallest absolute Gasteiger partial charge is 0.319 e. The highest BCUT2D eigenvalue weighted by Crippen LogP contribution is 2.43. The van der Waals surface area contributed by atoms with E-state index in [2.05, 4.69) is 26.1 Å². The van der Waals surface area contributed by atoms with Crippen molar-refractivity contribution in [3.05, 3.63) is 59.6 Å². The molecule has 0 spiro atoms. The summed E-state index contributed by atoms with van der Waals surface area (Å²) in [4.78, 5) is 17.6. The normalized spacial score (nSPS) is 28.6. The number of piperazine rings is 1. The van der Waals surface area contributed by atoms with E-state index in [-0.39, 0.29) is 76.3 Å². The second-order valence-corrected chi connectivity index (χ2v) is 13.1. The largest absolute Gasteiger partial charge is 0.508 e. The molecule has 0 unspecified atom stereocenters. The number of anilines is 1. The van der Waals surface area contributed by atoms with E-state index in [1.807, 2.05) is 0 Å². The Labute approximate surface area is 277 Å². The molecule has 2 aromatic heterocycles. The molecule has 2 bridgehead atoms. The molecule has 0 amide bonds. The minimum absolute atomic E-state index is 0.0338. The van der Waals surface area contributed by atoms with E-state index >= 15 is 4.39 Å². The van der Waals surface area contributed by atoms with Crippen LogP contribution >= 0.6 is 0 Å². The number of aromatic hydroxyl groups is 1. The Kier molecular flexibility index (Phi) is 5.84. The number of phenolic OH excluding ortho intramolecular Hbond substituents is 1. The Hall–Kier alpha value is -4.40. The maximum atomic E-state index is 17.1. The van der Waals surface area contributed by atoms with Crippen molar-refractivity contribution >= 4 is 27.5 Å². The average molecular weight is 646 g/mol. The number of nitrogens with zero attached hydrogens (tertiary/aromatic N) is 5. The Morgan fingerprint density at radius 1 is 1.30 bits per heavy atom. The second kappa shape index (κ2) is 11.1. The maximum Gasteiger partial charge on any atom is 0.319 e. The first kappa shape index (κ1) is 24.7. The van der Waals surface area contributed by atoms with Crippen LogP contribution in [0.25, 0.3) is 32.9 Å². The molecule has 4 aliphatic heterocycles. The molecule has 11 heteroatoms. The first-order valence-corrected chi connectivity index (χ1v) is 15.7. The highest BCUT2D eigenvalue weighted by molar-refractivity contribution is 6.03. The number of nitrogens with one attached hydrogen (secondary N) is 1. The average Bonchev–Trinajstić information content (AvgIpc) is 3.76. The Morgan fingerprint density at radius 2 is 2.19 bits per heavy atom. The highest BCUT2D eigenvalue weighted by Gasteiger charge is 2.48. The first-order valence-electron chi connectivity index (χ1n) is 18.2. The zero-order valence-electron chi connectivity index (χ0n) is 30.4. The van der Waals surface area contributed by atoms with Crippen LogP contribution in [0, 0.1) is 24.0 Å². The summed E-state index contributed by atoms with van der Waals surface area (Å²) >= 11 is 0. The fraction of sp³-hybridized carbons (Fsp3) is 0.417. The minimum Gasteiger partial charge on any atom is -0.508 e. The van der Waals surface area contributed by atoms with E-state index in [0.717, 1.165) is 25.5 Å². The maximum absolute atomic E-state index is 17.1. The SMILES string of the molecule is [2H]C([2H])([2H])C([2H])([2H])[C@@]12CC[C@@H](CN(c3nc(OC[C@@]45CCCN4C/C(=C\F)C5)nc4c(F)c(-c5cc(O)cc6ccc(F)c(C#C)c56)ncc34)C1)N2. The summed E-state index contributed by atoms with van der Waals surface area (Å²) in [6.45, 7) is -1.41. The van der Waals surface area contributed by atoms with Crippen LogP contribution in [0.15, 0.2) is 42.4 Å². The molecule has 6 heterocycles. The molecule has 4 aliphatic rings. The number of terminal acetylenes is 1. The lowest BCUT2D eigenvalue weighted by Gasteiger charge is -2.42. The summed E-state index contributed by atoms with van der Waals surface area (Å²) in [5.74, 6) is 0.633. The lowest BCUT2D eigenvalue weighted by atomic mass is 9.93. The topological polar surface area (TPSA) is 86.6 Å². The quantitative estimate of drug-likeness (QED) is 0.247. The van der Waals surface area contributed by atoms with E-state index in [1.165, 1.54) is 24.4 Å². The lowest BCUT2D eigenvalue weighted by molar-refractivity contribution is 0.108. The van der Waals surface area contributed by atoms with Crippen molar-refractivity contribution in [3.63, 3.8) is 0 Å². The number of halogens is 3. The van der Waals surface area contributed by atoms with Crippen molar-refractivity contribution in [2.24, 2.45) is 0 Å². The molecule has 8 rings (SSSR count). The van der Waals surface area contributed by atoms with Crippen LogP contribution in [0.3, 0.4) is 0 Å². The number of pyridine rings is 1. The van der Waals surface area contributed by atoms with Gasteiger partial charge in [0.05, 0.1) is 22.8 Å². The molecule has 3 atom stereocenters. The third-order valence-corrected chi connectivity index (χ3v) is 10.3. The molecule has 0 radical (unpaired) electrons. The third-order valence-electron chi connectivity index (χ3n) is 10.3. The predicted octanol–water partition coefficient (Wildman–Crippen LogP) is 6.00. The van der Waals surface area contributed by atoms with E-state index in [0.29, 0.717) is 43.2 Å². The molecule has 47 heavy (non-hydrogen) atoms. The summed E-state index contributed by atoms with van der Waals surface area (Å²) < 4.78 is 93.5. The molecule has 2 N–H and O–H groups in total. The van der Waals surface area contributed by atoms with Gasteiger partial charge in [0.1, 0.15) is 35.2 Å². The van der Waals surface area contributed by atoms with Crippen molar-refractivity contribution in [2.75, 3.05) is 37.7 Å². The summed E-state index contributed by atoms with van der Waals surface area (Å²) in [6, 6.07) is 4.74. The molecule has 4 aromatic rings. The van der Waals surface area contributed by atoms with Gasteiger partial charge in [0.2, 0.25) is 0 Å². The Bertz CT molecular complexity index is 2210. The van der Waals surface area contributed by atoms with Gasteiger partial charge < -0.3 is 20.1 Å². The van der Waals surface area contributed by atoms with Crippen LogP contribution in [-0.2, 0) is 0 Å². The third kappa shape index (κ3) is 4.80. The van der Waals surface area contributed by atoms with Crippen molar-refractivity contribution < 1.29 is 29.9 Å². The van der Waals surface area contributed by atoms with Crippen molar-refractivity contribution in [2.45, 2.75) is 62.4 Å². The molecule has 0 saturated carbocycles. The number of phenols is 1. The summed E-state index contributed by atoms with van der Waals surface area (Å²) in [7, 11) is 0. The number of hydrogen-bond acceptors (Lipinski definition) is 8. The van der Waals surface area contributed by atoms with Crippen LogP contribution in [-0.4, -0.2) is 74.9 Å². The van der Waals surface area contributed by atoms with E-state index in [1.54, 1.807) is 4.90 Å². The van der Waals surface area contributed by atoms with Gasteiger partial charge in [-0.05, 0) is 74.2 Å². The Balaban J connectivity index is 1.29. The Morgan fingerprint density at radius 3 is 3.02 bits per heavy atom. The molecule has 0 aliphatic carbocycles. The van der Waals surface area contributed by atoms with Crippen molar-refractivity contribution in [3.8, 4) is 35.4 Å². The molecule has 2 aromatic carbocycles. The first-order chi connectivity index (χ1) is 24.7. The molecule has 8 nitrogen and oxygen atoms in total. The van der Waals surface area contributed by atoms with Crippen LogP contribution in [0.2, 0.25) is 0 Å². The number of fused-ring (bicyclic) bond motifs is 5. The van der Waals surface area contributed by atoms with E-state index < -0.39 is 35.9 Å². The predicted molar refractivity (Wildman–Crippen MR) is 174 cm³/mol.